The second-order valence-electron chi connectivity index (χ2n) is 8.86. The molecule has 1 aliphatic heterocycles. The van der Waals surface area contributed by atoms with Crippen LogP contribution in [0.2, 0.25) is 5.02 Å². The van der Waals surface area contributed by atoms with Crippen LogP contribution in [0.1, 0.15) is 49.1 Å². The SMILES string of the molecule is O=C(Nc1ccc(Cl)cc1)c1oc2cccnc2c1NC(=O)[C@H]1CC[C@H](N2CCCC2)CC1. The predicted octanol–water partition coefficient (Wildman–Crippen LogP) is 5.33. The number of halogens is 1. The van der Waals surface area contributed by atoms with E-state index in [1.165, 1.54) is 25.9 Å². The maximum atomic E-state index is 13.2. The number of fused-ring (bicyclic) bond motifs is 1. The Morgan fingerprint density at radius 3 is 2.45 bits per heavy atom. The van der Waals surface area contributed by atoms with E-state index in [1.807, 2.05) is 0 Å². The molecule has 2 aromatic heterocycles. The number of likely N-dealkylation sites (tertiary alicyclic amines) is 1. The van der Waals surface area contributed by atoms with Crippen LogP contribution in [0, 0.1) is 5.92 Å². The molecule has 7 nitrogen and oxygen atoms in total. The highest BCUT2D eigenvalue weighted by Crippen LogP contribution is 2.33. The molecule has 3 aromatic rings. The Morgan fingerprint density at radius 2 is 1.73 bits per heavy atom. The van der Waals surface area contributed by atoms with Crippen LogP contribution in [0.15, 0.2) is 47.0 Å². The number of amides is 2. The zero-order valence-electron chi connectivity index (χ0n) is 18.4. The monoisotopic (exact) mass is 466 g/mol. The highest BCUT2D eigenvalue weighted by Gasteiger charge is 2.32. The van der Waals surface area contributed by atoms with Gasteiger partial charge in [-0.25, -0.2) is 0 Å². The summed E-state index contributed by atoms with van der Waals surface area (Å²) in [6, 6.07) is 10.9. The fourth-order valence-corrected chi connectivity index (χ4v) is 5.09. The van der Waals surface area contributed by atoms with Crippen molar-refractivity contribution in [3.8, 4) is 0 Å². The van der Waals surface area contributed by atoms with Crippen molar-refractivity contribution in [3.63, 3.8) is 0 Å². The lowest BCUT2D eigenvalue weighted by Gasteiger charge is -2.33. The number of nitrogens with zero attached hydrogens (tertiary/aromatic N) is 2. The quantitative estimate of drug-likeness (QED) is 0.530. The third-order valence-electron chi connectivity index (χ3n) is 6.73. The fraction of sp³-hybridized carbons (Fsp3) is 0.400. The summed E-state index contributed by atoms with van der Waals surface area (Å²) >= 11 is 5.93. The van der Waals surface area contributed by atoms with Gasteiger partial charge < -0.3 is 20.0 Å². The van der Waals surface area contributed by atoms with Crippen LogP contribution in [0.3, 0.4) is 0 Å². The number of benzene rings is 1. The van der Waals surface area contributed by atoms with Crippen molar-refractivity contribution in [1.82, 2.24) is 9.88 Å². The Morgan fingerprint density at radius 1 is 1.00 bits per heavy atom. The third kappa shape index (κ3) is 4.75. The Labute approximate surface area is 197 Å². The minimum Gasteiger partial charge on any atom is -0.447 e. The molecule has 0 atom stereocenters. The normalized spacial score (nSPS) is 21.2. The molecule has 2 N–H and O–H groups in total. The molecule has 0 unspecified atom stereocenters. The summed E-state index contributed by atoms with van der Waals surface area (Å²) in [7, 11) is 0. The zero-order chi connectivity index (χ0) is 22.8. The molecule has 2 amide bonds. The number of nitrogens with one attached hydrogen (secondary N) is 2. The third-order valence-corrected chi connectivity index (χ3v) is 6.98. The Kier molecular flexibility index (Phi) is 6.33. The summed E-state index contributed by atoms with van der Waals surface area (Å²) in [6.07, 6.45) is 7.95. The van der Waals surface area contributed by atoms with E-state index in [1.54, 1.807) is 42.6 Å². The van der Waals surface area contributed by atoms with Gasteiger partial charge in [0.1, 0.15) is 11.2 Å². The predicted molar refractivity (Wildman–Crippen MR) is 129 cm³/mol. The molecule has 0 radical (unpaired) electrons. The average molecular weight is 467 g/mol. The van der Waals surface area contributed by atoms with Gasteiger partial charge in [0.25, 0.3) is 5.91 Å². The van der Waals surface area contributed by atoms with Gasteiger partial charge >= 0.3 is 0 Å². The van der Waals surface area contributed by atoms with Crippen molar-refractivity contribution in [3.05, 3.63) is 53.4 Å². The number of furan rings is 1. The molecular formula is C25H27ClN4O3. The van der Waals surface area contributed by atoms with Crippen molar-refractivity contribution < 1.29 is 14.0 Å². The van der Waals surface area contributed by atoms with Gasteiger partial charge in [0, 0.05) is 28.9 Å². The number of hydrogen-bond acceptors (Lipinski definition) is 5. The molecule has 1 saturated heterocycles. The fourth-order valence-electron chi connectivity index (χ4n) is 4.96. The lowest BCUT2D eigenvalue weighted by atomic mass is 9.85. The second-order valence-corrected chi connectivity index (χ2v) is 9.29. The van der Waals surface area contributed by atoms with E-state index in [0.29, 0.717) is 33.5 Å². The molecule has 3 heterocycles. The van der Waals surface area contributed by atoms with E-state index in [-0.39, 0.29) is 17.6 Å². The molecule has 1 saturated carbocycles. The summed E-state index contributed by atoms with van der Waals surface area (Å²) in [5, 5.41) is 6.35. The number of hydrogen-bond donors (Lipinski definition) is 2. The van der Waals surface area contributed by atoms with Gasteiger partial charge in [-0.1, -0.05) is 11.6 Å². The number of rotatable bonds is 5. The molecule has 5 rings (SSSR count). The van der Waals surface area contributed by atoms with Crippen molar-refractivity contribution in [2.75, 3.05) is 23.7 Å². The maximum absolute atomic E-state index is 13.2. The zero-order valence-corrected chi connectivity index (χ0v) is 19.1. The first-order valence-corrected chi connectivity index (χ1v) is 12.0. The van der Waals surface area contributed by atoms with Gasteiger partial charge in [-0.15, -0.1) is 0 Å². The summed E-state index contributed by atoms with van der Waals surface area (Å²) in [6.45, 7) is 2.36. The number of pyridine rings is 1. The lowest BCUT2D eigenvalue weighted by molar-refractivity contribution is -0.121. The first-order valence-electron chi connectivity index (χ1n) is 11.6. The van der Waals surface area contributed by atoms with E-state index in [0.717, 1.165) is 25.7 Å². The number of carbonyl (C=O) groups is 2. The van der Waals surface area contributed by atoms with Gasteiger partial charge in [0.15, 0.2) is 5.58 Å². The van der Waals surface area contributed by atoms with Crippen molar-refractivity contribution in [2.24, 2.45) is 5.92 Å². The number of anilines is 2. The molecule has 1 aliphatic carbocycles. The van der Waals surface area contributed by atoms with Gasteiger partial charge in [0.2, 0.25) is 11.7 Å². The second kappa shape index (κ2) is 9.53. The smallest absolute Gasteiger partial charge is 0.293 e. The van der Waals surface area contributed by atoms with E-state index < -0.39 is 5.91 Å². The van der Waals surface area contributed by atoms with E-state index in [2.05, 4.69) is 20.5 Å². The minimum atomic E-state index is -0.455. The molecule has 0 bridgehead atoms. The summed E-state index contributed by atoms with van der Waals surface area (Å²) < 4.78 is 5.81. The first-order chi connectivity index (χ1) is 16.1. The molecule has 1 aromatic carbocycles. The van der Waals surface area contributed by atoms with Crippen LogP contribution < -0.4 is 10.6 Å². The lowest BCUT2D eigenvalue weighted by Crippen LogP contribution is -2.38. The number of aromatic nitrogens is 1. The van der Waals surface area contributed by atoms with E-state index >= 15 is 0 Å². The topological polar surface area (TPSA) is 87.5 Å². The van der Waals surface area contributed by atoms with Gasteiger partial charge in [-0.3, -0.25) is 14.6 Å². The van der Waals surface area contributed by atoms with Gasteiger partial charge in [-0.2, -0.15) is 0 Å². The maximum Gasteiger partial charge on any atom is 0.293 e. The van der Waals surface area contributed by atoms with Crippen LogP contribution >= 0.6 is 11.6 Å². The molecule has 8 heteroatoms. The highest BCUT2D eigenvalue weighted by atomic mass is 35.5. The van der Waals surface area contributed by atoms with Crippen LogP contribution in [-0.2, 0) is 4.79 Å². The summed E-state index contributed by atoms with van der Waals surface area (Å²) in [4.78, 5) is 33.1. The Bertz CT molecular complexity index is 1150. The largest absolute Gasteiger partial charge is 0.447 e. The van der Waals surface area contributed by atoms with Crippen LogP contribution in [0.4, 0.5) is 11.4 Å². The van der Waals surface area contributed by atoms with Crippen LogP contribution in [0.5, 0.6) is 0 Å². The molecule has 33 heavy (non-hydrogen) atoms. The average Bonchev–Trinajstić information content (AvgIpc) is 3.50. The van der Waals surface area contributed by atoms with Crippen molar-refractivity contribution >= 4 is 45.9 Å². The van der Waals surface area contributed by atoms with Crippen molar-refractivity contribution in [2.45, 2.75) is 44.6 Å². The van der Waals surface area contributed by atoms with Gasteiger partial charge in [0.05, 0.1) is 0 Å². The molecule has 2 fully saturated rings. The molecule has 172 valence electrons. The first kappa shape index (κ1) is 21.9. The van der Waals surface area contributed by atoms with Crippen LogP contribution in [-0.4, -0.2) is 40.8 Å². The Hall–Kier alpha value is -2.90. The molecular weight excluding hydrogens is 440 g/mol. The minimum absolute atomic E-state index is 0.0396. The van der Waals surface area contributed by atoms with E-state index in [9.17, 15) is 9.59 Å². The van der Waals surface area contributed by atoms with Crippen molar-refractivity contribution in [1.29, 1.82) is 0 Å². The Balaban J connectivity index is 1.32. The summed E-state index contributed by atoms with van der Waals surface area (Å²) in [5.41, 5.74) is 1.82. The number of carbonyl (C=O) groups excluding carboxylic acids is 2. The van der Waals surface area contributed by atoms with E-state index in [4.69, 9.17) is 16.0 Å². The highest BCUT2D eigenvalue weighted by molar-refractivity contribution is 6.30. The standard InChI is InChI=1S/C25H27ClN4O3/c26-17-7-9-18(10-8-17)28-25(32)23-22(21-20(33-23)4-3-13-27-21)29-24(31)16-5-11-19(12-6-16)30-14-1-2-15-30/h3-4,7-10,13,16,19H,1-2,5-6,11-12,14-15H2,(H,28,32)(H,29,31)/t16-,19-. The molecule has 0 spiro atoms. The van der Waals surface area contributed by atoms with Gasteiger partial charge in [-0.05, 0) is 88.0 Å². The molecule has 2 aliphatic rings. The summed E-state index contributed by atoms with van der Waals surface area (Å²) in [5.74, 6) is -0.574. The van der Waals surface area contributed by atoms with Crippen LogP contribution in [0.25, 0.3) is 11.1 Å².